The fraction of sp³-hybridized carbons (Fsp3) is 0.176. The molecule has 0 saturated heterocycles. The lowest BCUT2D eigenvalue weighted by Gasteiger charge is -2.11. The van der Waals surface area contributed by atoms with E-state index in [0.29, 0.717) is 17.2 Å². The van der Waals surface area contributed by atoms with Crippen molar-refractivity contribution in [1.82, 2.24) is 10.2 Å². The number of nitrogens with zero attached hydrogens (tertiary/aromatic N) is 3. The maximum atomic E-state index is 11.1. The van der Waals surface area contributed by atoms with Crippen molar-refractivity contribution in [2.45, 2.75) is 13.0 Å². The summed E-state index contributed by atoms with van der Waals surface area (Å²) in [6, 6.07) is 11.3. The summed E-state index contributed by atoms with van der Waals surface area (Å²) in [7, 11) is 1.58. The molecule has 0 N–H and O–H groups in total. The van der Waals surface area contributed by atoms with E-state index in [1.54, 1.807) is 38.3 Å². The van der Waals surface area contributed by atoms with E-state index in [-0.39, 0.29) is 22.4 Å². The van der Waals surface area contributed by atoms with E-state index in [1.807, 2.05) is 0 Å². The largest absolute Gasteiger partial charge is 0.497 e. The number of rotatable bonds is 6. The molecule has 8 nitrogen and oxygen atoms in total. The maximum Gasteiger partial charge on any atom is 0.312 e. The minimum absolute atomic E-state index is 0.0658. The van der Waals surface area contributed by atoms with Crippen molar-refractivity contribution in [3.05, 3.63) is 63.5 Å². The average molecular weight is 376 g/mol. The van der Waals surface area contributed by atoms with Gasteiger partial charge in [-0.1, -0.05) is 11.6 Å². The Morgan fingerprint density at radius 3 is 2.58 bits per heavy atom. The molecular weight excluding hydrogens is 362 g/mol. The van der Waals surface area contributed by atoms with Gasteiger partial charge in [-0.2, -0.15) is 0 Å². The van der Waals surface area contributed by atoms with Gasteiger partial charge in [0, 0.05) is 16.7 Å². The zero-order chi connectivity index (χ0) is 18.7. The molecule has 1 heterocycles. The normalized spacial score (nSPS) is 11.8. The van der Waals surface area contributed by atoms with E-state index in [0.717, 1.165) is 0 Å². The molecule has 0 aliphatic rings. The van der Waals surface area contributed by atoms with E-state index < -0.39 is 11.0 Å². The summed E-state index contributed by atoms with van der Waals surface area (Å²) in [6.45, 7) is 1.66. The van der Waals surface area contributed by atoms with Crippen LogP contribution in [0.1, 0.15) is 18.9 Å². The van der Waals surface area contributed by atoms with Crippen LogP contribution in [0.4, 0.5) is 5.69 Å². The first kappa shape index (κ1) is 17.7. The van der Waals surface area contributed by atoms with Crippen LogP contribution < -0.4 is 9.47 Å². The van der Waals surface area contributed by atoms with Gasteiger partial charge in [-0.3, -0.25) is 10.1 Å². The van der Waals surface area contributed by atoms with Crippen molar-refractivity contribution in [3.63, 3.8) is 0 Å². The Morgan fingerprint density at radius 2 is 1.92 bits per heavy atom. The summed E-state index contributed by atoms with van der Waals surface area (Å²) in [5, 5.41) is 19.3. The maximum absolute atomic E-state index is 11.1. The third kappa shape index (κ3) is 3.75. The molecule has 1 atom stereocenters. The van der Waals surface area contributed by atoms with Crippen LogP contribution in [0.5, 0.6) is 11.5 Å². The Kier molecular flexibility index (Phi) is 5.04. The van der Waals surface area contributed by atoms with Crippen molar-refractivity contribution in [2.24, 2.45) is 0 Å². The summed E-state index contributed by atoms with van der Waals surface area (Å²) < 4.78 is 16.3. The molecule has 2 aromatic carbocycles. The predicted molar refractivity (Wildman–Crippen MR) is 93.4 cm³/mol. The van der Waals surface area contributed by atoms with Crippen molar-refractivity contribution in [3.8, 4) is 23.0 Å². The molecule has 26 heavy (non-hydrogen) atoms. The monoisotopic (exact) mass is 375 g/mol. The SMILES string of the molecule is COc1ccc(-c2nnc([C@H](C)Oc3ccc(Cl)cc3[N+](=O)[O-])o2)cc1. The molecule has 9 heteroatoms. The van der Waals surface area contributed by atoms with E-state index in [2.05, 4.69) is 10.2 Å². The number of benzene rings is 2. The fourth-order valence-electron chi connectivity index (χ4n) is 2.22. The van der Waals surface area contributed by atoms with E-state index in [9.17, 15) is 10.1 Å². The smallest absolute Gasteiger partial charge is 0.312 e. The number of hydrogen-bond donors (Lipinski definition) is 0. The minimum Gasteiger partial charge on any atom is -0.497 e. The van der Waals surface area contributed by atoms with E-state index in [1.165, 1.54) is 18.2 Å². The zero-order valence-corrected chi connectivity index (χ0v) is 14.6. The number of aromatic nitrogens is 2. The Labute approximate surface area is 153 Å². The molecule has 0 saturated carbocycles. The Bertz CT molecular complexity index is 926. The van der Waals surface area contributed by atoms with Crippen LogP contribution in [0, 0.1) is 10.1 Å². The summed E-state index contributed by atoms with van der Waals surface area (Å²) in [6.07, 6.45) is -0.686. The van der Waals surface area contributed by atoms with Crippen molar-refractivity contribution in [1.29, 1.82) is 0 Å². The van der Waals surface area contributed by atoms with Gasteiger partial charge in [-0.25, -0.2) is 0 Å². The van der Waals surface area contributed by atoms with Gasteiger partial charge >= 0.3 is 5.69 Å². The molecule has 134 valence electrons. The second-order valence-electron chi connectivity index (χ2n) is 5.30. The second kappa shape index (κ2) is 7.40. The molecule has 3 aromatic rings. The highest BCUT2D eigenvalue weighted by Gasteiger charge is 2.22. The van der Waals surface area contributed by atoms with Crippen LogP contribution >= 0.6 is 11.6 Å². The Hall–Kier alpha value is -3.13. The van der Waals surface area contributed by atoms with Crippen LogP contribution in [0.3, 0.4) is 0 Å². The standard InChI is InChI=1S/C17H14ClN3O5/c1-10(25-15-8-5-12(18)9-14(15)21(22)23)16-19-20-17(26-16)11-3-6-13(24-2)7-4-11/h3-10H,1-2H3/t10-/m0/s1. The van der Waals surface area contributed by atoms with Crippen LogP contribution in [0.2, 0.25) is 5.02 Å². The number of halogens is 1. The highest BCUT2D eigenvalue weighted by molar-refractivity contribution is 6.30. The number of nitro groups is 1. The zero-order valence-electron chi connectivity index (χ0n) is 13.9. The number of hydrogen-bond acceptors (Lipinski definition) is 7. The van der Waals surface area contributed by atoms with Crippen LogP contribution in [-0.4, -0.2) is 22.2 Å². The first-order valence-electron chi connectivity index (χ1n) is 7.56. The summed E-state index contributed by atoms with van der Waals surface area (Å²) in [4.78, 5) is 10.6. The molecule has 0 fully saturated rings. The molecule has 0 radical (unpaired) electrons. The fourth-order valence-corrected chi connectivity index (χ4v) is 2.39. The van der Waals surface area contributed by atoms with Gasteiger partial charge in [-0.05, 0) is 43.3 Å². The molecule has 0 bridgehead atoms. The first-order valence-corrected chi connectivity index (χ1v) is 7.94. The summed E-state index contributed by atoms with van der Waals surface area (Å²) >= 11 is 5.80. The number of methoxy groups -OCH3 is 1. The third-order valence-corrected chi connectivity index (χ3v) is 3.78. The van der Waals surface area contributed by atoms with Gasteiger partial charge < -0.3 is 13.9 Å². The topological polar surface area (TPSA) is 101 Å². The van der Waals surface area contributed by atoms with E-state index >= 15 is 0 Å². The molecule has 1 aromatic heterocycles. The molecule has 0 amide bonds. The molecule has 0 aliphatic carbocycles. The molecule has 0 aliphatic heterocycles. The van der Waals surface area contributed by atoms with Gasteiger partial charge in [-0.15, -0.1) is 10.2 Å². The number of nitro benzene ring substituents is 1. The second-order valence-corrected chi connectivity index (χ2v) is 5.74. The lowest BCUT2D eigenvalue weighted by atomic mass is 10.2. The Balaban J connectivity index is 1.80. The van der Waals surface area contributed by atoms with Crippen molar-refractivity contribution < 1.29 is 18.8 Å². The summed E-state index contributed by atoms with van der Waals surface area (Å²) in [5.41, 5.74) is 0.480. The van der Waals surface area contributed by atoms with Gasteiger partial charge in [0.15, 0.2) is 11.9 Å². The predicted octanol–water partition coefficient (Wildman–Crippen LogP) is 4.45. The van der Waals surface area contributed by atoms with E-state index in [4.69, 9.17) is 25.5 Å². The van der Waals surface area contributed by atoms with Crippen LogP contribution in [0.15, 0.2) is 46.9 Å². The summed E-state index contributed by atoms with van der Waals surface area (Å²) in [5.74, 6) is 1.28. The van der Waals surface area contributed by atoms with Crippen LogP contribution in [-0.2, 0) is 0 Å². The minimum atomic E-state index is -0.686. The lowest BCUT2D eigenvalue weighted by molar-refractivity contribution is -0.386. The molecule has 0 spiro atoms. The van der Waals surface area contributed by atoms with Crippen LogP contribution in [0.25, 0.3) is 11.5 Å². The Morgan fingerprint density at radius 1 is 1.19 bits per heavy atom. The number of ether oxygens (including phenoxy) is 2. The highest BCUT2D eigenvalue weighted by Crippen LogP contribution is 2.33. The average Bonchev–Trinajstić information content (AvgIpc) is 3.13. The van der Waals surface area contributed by atoms with Crippen molar-refractivity contribution in [2.75, 3.05) is 7.11 Å². The molecule has 3 rings (SSSR count). The first-order chi connectivity index (χ1) is 12.5. The highest BCUT2D eigenvalue weighted by atomic mass is 35.5. The van der Waals surface area contributed by atoms with Crippen molar-refractivity contribution >= 4 is 17.3 Å². The molecular formula is C17H14ClN3O5. The third-order valence-electron chi connectivity index (χ3n) is 3.55. The molecule has 0 unspecified atom stereocenters. The van der Waals surface area contributed by atoms with Gasteiger partial charge in [0.2, 0.25) is 5.89 Å². The van der Waals surface area contributed by atoms with Gasteiger partial charge in [0.05, 0.1) is 12.0 Å². The lowest BCUT2D eigenvalue weighted by Crippen LogP contribution is -2.05. The van der Waals surface area contributed by atoms with Gasteiger partial charge in [0.25, 0.3) is 5.89 Å². The quantitative estimate of drug-likeness (QED) is 0.463. The van der Waals surface area contributed by atoms with Gasteiger partial charge in [0.1, 0.15) is 5.75 Å².